The van der Waals surface area contributed by atoms with E-state index in [1.807, 2.05) is 24.3 Å². The number of aldehydes is 1. The highest BCUT2D eigenvalue weighted by molar-refractivity contribution is 5.50. The van der Waals surface area contributed by atoms with Crippen molar-refractivity contribution in [3.05, 3.63) is 29.8 Å². The minimum absolute atomic E-state index is 0.247. The molecule has 14 heavy (non-hydrogen) atoms. The van der Waals surface area contributed by atoms with E-state index in [1.165, 1.54) is 0 Å². The van der Waals surface area contributed by atoms with Gasteiger partial charge in [0.05, 0.1) is 0 Å². The molecule has 1 aromatic rings. The number of carbonyl (C=O) groups excluding carboxylic acids is 1. The second kappa shape index (κ2) is 6.16. The van der Waals surface area contributed by atoms with Crippen LogP contribution in [0, 0.1) is 0 Å². The van der Waals surface area contributed by atoms with Gasteiger partial charge in [0, 0.05) is 13.5 Å². The fourth-order valence-electron chi connectivity index (χ4n) is 1.14. The van der Waals surface area contributed by atoms with Crippen molar-refractivity contribution in [1.82, 2.24) is 0 Å². The molecule has 0 amide bonds. The summed E-state index contributed by atoms with van der Waals surface area (Å²) in [7, 11) is 1.58. The summed E-state index contributed by atoms with van der Waals surface area (Å²) >= 11 is 0. The zero-order valence-corrected chi connectivity index (χ0v) is 8.23. The largest absolute Gasteiger partial charge is 0.468 e. The number of ether oxygens (including phenoxy) is 2. The van der Waals surface area contributed by atoms with Crippen LogP contribution in [0.15, 0.2) is 24.3 Å². The lowest BCUT2D eigenvalue weighted by Gasteiger charge is -2.05. The van der Waals surface area contributed by atoms with Gasteiger partial charge in [-0.1, -0.05) is 12.1 Å². The molecule has 0 atom stereocenters. The van der Waals surface area contributed by atoms with Crippen LogP contribution in [0.25, 0.3) is 0 Å². The molecule has 0 saturated carbocycles. The quantitative estimate of drug-likeness (QED) is 0.511. The highest BCUT2D eigenvalue weighted by atomic mass is 16.7. The van der Waals surface area contributed by atoms with E-state index in [1.54, 1.807) is 7.11 Å². The third-order valence-corrected chi connectivity index (χ3v) is 1.79. The van der Waals surface area contributed by atoms with Crippen molar-refractivity contribution in [3.8, 4) is 5.75 Å². The Hall–Kier alpha value is -1.35. The van der Waals surface area contributed by atoms with Gasteiger partial charge in [-0.05, 0) is 24.1 Å². The first-order valence-corrected chi connectivity index (χ1v) is 4.51. The third-order valence-electron chi connectivity index (χ3n) is 1.79. The number of carbonyl (C=O) groups is 1. The van der Waals surface area contributed by atoms with E-state index in [-0.39, 0.29) is 6.79 Å². The second-order valence-electron chi connectivity index (χ2n) is 2.90. The first-order valence-electron chi connectivity index (χ1n) is 4.51. The van der Waals surface area contributed by atoms with Gasteiger partial charge in [0.1, 0.15) is 12.0 Å². The average Bonchev–Trinajstić information content (AvgIpc) is 2.24. The van der Waals surface area contributed by atoms with Crippen molar-refractivity contribution in [2.45, 2.75) is 12.8 Å². The predicted molar refractivity (Wildman–Crippen MR) is 53.3 cm³/mol. The Kier molecular flexibility index (Phi) is 4.72. The molecule has 0 aliphatic rings. The van der Waals surface area contributed by atoms with E-state index < -0.39 is 0 Å². The van der Waals surface area contributed by atoms with Crippen LogP contribution in [0.3, 0.4) is 0 Å². The number of aryl methyl sites for hydroxylation is 1. The van der Waals surface area contributed by atoms with E-state index in [2.05, 4.69) is 0 Å². The van der Waals surface area contributed by atoms with Gasteiger partial charge in [-0.3, -0.25) is 0 Å². The van der Waals surface area contributed by atoms with Crippen LogP contribution in [-0.4, -0.2) is 20.2 Å². The van der Waals surface area contributed by atoms with Crippen molar-refractivity contribution < 1.29 is 14.3 Å². The second-order valence-corrected chi connectivity index (χ2v) is 2.90. The summed E-state index contributed by atoms with van der Waals surface area (Å²) < 4.78 is 10.1. The van der Waals surface area contributed by atoms with Gasteiger partial charge in [-0.25, -0.2) is 0 Å². The number of rotatable bonds is 6. The predicted octanol–water partition coefficient (Wildman–Crippen LogP) is 1.80. The van der Waals surface area contributed by atoms with Crippen LogP contribution in [-0.2, 0) is 16.0 Å². The van der Waals surface area contributed by atoms with Gasteiger partial charge >= 0.3 is 0 Å². The summed E-state index contributed by atoms with van der Waals surface area (Å²) in [6.45, 7) is 0.247. The highest BCUT2D eigenvalue weighted by Gasteiger charge is 1.96. The zero-order valence-electron chi connectivity index (χ0n) is 8.23. The molecule has 0 radical (unpaired) electrons. The van der Waals surface area contributed by atoms with E-state index >= 15 is 0 Å². The normalized spacial score (nSPS) is 9.79. The Morgan fingerprint density at radius 1 is 1.43 bits per heavy atom. The average molecular weight is 194 g/mol. The van der Waals surface area contributed by atoms with Gasteiger partial charge in [-0.2, -0.15) is 0 Å². The fraction of sp³-hybridized carbons (Fsp3) is 0.364. The van der Waals surface area contributed by atoms with Gasteiger partial charge in [0.15, 0.2) is 6.79 Å². The molecular weight excluding hydrogens is 180 g/mol. The summed E-state index contributed by atoms with van der Waals surface area (Å²) in [6.07, 6.45) is 2.23. The van der Waals surface area contributed by atoms with Crippen molar-refractivity contribution >= 4 is 6.29 Å². The Balaban J connectivity index is 2.54. The molecule has 0 saturated heterocycles. The van der Waals surface area contributed by atoms with Gasteiger partial charge in [0.2, 0.25) is 0 Å². The van der Waals surface area contributed by atoms with E-state index in [0.717, 1.165) is 24.0 Å². The van der Waals surface area contributed by atoms with Crippen LogP contribution in [0.1, 0.15) is 12.0 Å². The molecule has 3 heteroatoms. The lowest BCUT2D eigenvalue weighted by Crippen LogP contribution is -1.99. The summed E-state index contributed by atoms with van der Waals surface area (Å²) in [5, 5.41) is 0. The fourth-order valence-corrected chi connectivity index (χ4v) is 1.14. The molecule has 0 aliphatic heterocycles. The maximum absolute atomic E-state index is 10.2. The lowest BCUT2D eigenvalue weighted by molar-refractivity contribution is -0.107. The molecule has 76 valence electrons. The third kappa shape index (κ3) is 3.58. The topological polar surface area (TPSA) is 35.5 Å². The van der Waals surface area contributed by atoms with Crippen LogP contribution in [0.5, 0.6) is 5.75 Å². The SMILES string of the molecule is COCOc1cccc(CCC=O)c1. The van der Waals surface area contributed by atoms with E-state index in [0.29, 0.717) is 6.42 Å². The number of hydrogen-bond acceptors (Lipinski definition) is 3. The molecule has 1 aromatic carbocycles. The molecule has 0 heterocycles. The molecule has 0 aliphatic carbocycles. The Morgan fingerprint density at radius 2 is 2.29 bits per heavy atom. The van der Waals surface area contributed by atoms with E-state index in [4.69, 9.17) is 9.47 Å². The highest BCUT2D eigenvalue weighted by Crippen LogP contribution is 2.14. The van der Waals surface area contributed by atoms with E-state index in [9.17, 15) is 4.79 Å². The molecule has 0 fully saturated rings. The molecule has 0 spiro atoms. The van der Waals surface area contributed by atoms with Crippen molar-refractivity contribution in [1.29, 1.82) is 0 Å². The summed E-state index contributed by atoms with van der Waals surface area (Å²) in [5.41, 5.74) is 1.10. The van der Waals surface area contributed by atoms with Crippen molar-refractivity contribution in [2.75, 3.05) is 13.9 Å². The number of hydrogen-bond donors (Lipinski definition) is 0. The van der Waals surface area contributed by atoms with Gasteiger partial charge < -0.3 is 14.3 Å². The molecule has 0 N–H and O–H groups in total. The maximum Gasteiger partial charge on any atom is 0.188 e. The van der Waals surface area contributed by atoms with Crippen LogP contribution in [0.2, 0.25) is 0 Å². The molecule has 0 bridgehead atoms. The molecule has 0 aromatic heterocycles. The molecule has 1 rings (SSSR count). The summed E-state index contributed by atoms with van der Waals surface area (Å²) in [6, 6.07) is 7.67. The molecular formula is C11H14O3. The minimum atomic E-state index is 0.247. The lowest BCUT2D eigenvalue weighted by atomic mass is 10.1. The van der Waals surface area contributed by atoms with Crippen LogP contribution in [0.4, 0.5) is 0 Å². The maximum atomic E-state index is 10.2. The van der Waals surface area contributed by atoms with Gasteiger partial charge in [0.25, 0.3) is 0 Å². The van der Waals surface area contributed by atoms with Crippen LogP contribution < -0.4 is 4.74 Å². The van der Waals surface area contributed by atoms with Crippen molar-refractivity contribution in [2.24, 2.45) is 0 Å². The molecule has 3 nitrogen and oxygen atoms in total. The molecule has 0 unspecified atom stereocenters. The Bertz CT molecular complexity index is 284. The zero-order chi connectivity index (χ0) is 10.2. The first-order chi connectivity index (χ1) is 6.86. The Morgan fingerprint density at radius 3 is 3.00 bits per heavy atom. The monoisotopic (exact) mass is 194 g/mol. The van der Waals surface area contributed by atoms with Crippen molar-refractivity contribution in [3.63, 3.8) is 0 Å². The smallest absolute Gasteiger partial charge is 0.188 e. The minimum Gasteiger partial charge on any atom is -0.468 e. The Labute approximate surface area is 83.6 Å². The first kappa shape index (κ1) is 10.7. The standard InChI is InChI=1S/C11H14O3/c1-13-9-14-11-6-2-4-10(8-11)5-3-7-12/h2,4,6-8H,3,5,9H2,1H3. The van der Waals surface area contributed by atoms with Gasteiger partial charge in [-0.15, -0.1) is 0 Å². The summed E-state index contributed by atoms with van der Waals surface area (Å²) in [4.78, 5) is 10.2. The van der Waals surface area contributed by atoms with Crippen LogP contribution >= 0.6 is 0 Å². The summed E-state index contributed by atoms with van der Waals surface area (Å²) in [5.74, 6) is 0.773. The number of methoxy groups -OCH3 is 1. The number of benzene rings is 1.